The molecular weight excluding hydrogens is 250 g/mol. The number of benzene rings is 1. The summed E-state index contributed by atoms with van der Waals surface area (Å²) in [4.78, 5) is 14.3. The lowest BCUT2D eigenvalue weighted by atomic mass is 10.1. The Labute approximate surface area is 121 Å². The summed E-state index contributed by atoms with van der Waals surface area (Å²) in [7, 11) is 0. The third-order valence-corrected chi connectivity index (χ3v) is 3.86. The summed E-state index contributed by atoms with van der Waals surface area (Å²) in [6, 6.07) is 10.4. The first-order valence-electron chi connectivity index (χ1n) is 7.77. The Kier molecular flexibility index (Phi) is 5.60. The number of unbranched alkanes of at least 4 members (excludes halogenated alkanes) is 3. The molecule has 0 saturated carbocycles. The van der Waals surface area contributed by atoms with Gasteiger partial charge in [0.2, 0.25) is 0 Å². The second-order valence-corrected chi connectivity index (χ2v) is 5.35. The van der Waals surface area contributed by atoms with Crippen molar-refractivity contribution in [2.45, 2.75) is 51.6 Å². The summed E-state index contributed by atoms with van der Waals surface area (Å²) in [6.45, 7) is 5.53. The lowest BCUT2D eigenvalue weighted by molar-refractivity contribution is -0.143. The molecule has 3 nitrogen and oxygen atoms in total. The minimum atomic E-state index is -0.0724. The lowest BCUT2D eigenvalue weighted by Crippen LogP contribution is -2.16. The summed E-state index contributed by atoms with van der Waals surface area (Å²) in [5.74, 6) is -0.0724. The first-order chi connectivity index (χ1) is 9.79. The summed E-state index contributed by atoms with van der Waals surface area (Å²) in [5, 5.41) is 0. The van der Waals surface area contributed by atoms with Gasteiger partial charge in [0.25, 0.3) is 0 Å². The van der Waals surface area contributed by atoms with Crippen LogP contribution in [0.15, 0.2) is 30.3 Å². The maximum Gasteiger partial charge on any atom is 0.325 e. The number of ether oxygens (including phenoxy) is 1. The molecule has 3 heteroatoms. The van der Waals surface area contributed by atoms with Crippen LogP contribution in [0.3, 0.4) is 0 Å². The molecule has 0 aliphatic carbocycles. The van der Waals surface area contributed by atoms with Crippen molar-refractivity contribution >= 4 is 5.97 Å². The fourth-order valence-electron chi connectivity index (χ4n) is 2.79. The molecule has 0 bridgehead atoms. The average molecular weight is 275 g/mol. The minimum absolute atomic E-state index is 0.0704. The van der Waals surface area contributed by atoms with Crippen molar-refractivity contribution in [2.24, 2.45) is 0 Å². The second-order valence-electron chi connectivity index (χ2n) is 5.35. The molecule has 1 aromatic carbocycles. The number of carbonyl (C=O) groups is 1. The molecule has 110 valence electrons. The van der Waals surface area contributed by atoms with E-state index in [0.29, 0.717) is 6.61 Å². The van der Waals surface area contributed by atoms with Gasteiger partial charge in [0.1, 0.15) is 6.04 Å². The molecule has 1 aliphatic heterocycles. The van der Waals surface area contributed by atoms with Gasteiger partial charge in [-0.05, 0) is 25.5 Å². The van der Waals surface area contributed by atoms with Crippen LogP contribution in [0.25, 0.3) is 0 Å². The van der Waals surface area contributed by atoms with Crippen molar-refractivity contribution < 1.29 is 9.53 Å². The normalized spacial score (nSPS) is 24.4. The van der Waals surface area contributed by atoms with Crippen LogP contribution in [0.1, 0.15) is 51.1 Å². The molecule has 0 aromatic heterocycles. The number of nitrogens with zero attached hydrogens (tertiary/aromatic N) is 1. The molecule has 3 atom stereocenters. The summed E-state index contributed by atoms with van der Waals surface area (Å²) >= 11 is 0. The van der Waals surface area contributed by atoms with E-state index in [4.69, 9.17) is 4.74 Å². The molecule has 1 aliphatic rings. The van der Waals surface area contributed by atoms with E-state index in [2.05, 4.69) is 24.0 Å². The standard InChI is InChI=1S/C17H25NO2/c1-3-5-6-10-13-18-15(14-11-8-7-9-12-14)16(18)17(19)20-4-2/h7-9,11-12,15-16H,3-6,10,13H2,1-2H3/t15-,16+,18?/m1/s1. The molecule has 0 amide bonds. The maximum absolute atomic E-state index is 12.0. The predicted octanol–water partition coefficient (Wildman–Crippen LogP) is 3.56. The van der Waals surface area contributed by atoms with Gasteiger partial charge in [-0.15, -0.1) is 0 Å². The predicted molar refractivity (Wildman–Crippen MR) is 80.5 cm³/mol. The highest BCUT2D eigenvalue weighted by molar-refractivity contribution is 5.80. The number of rotatable bonds is 8. The Morgan fingerprint density at radius 2 is 1.90 bits per heavy atom. The van der Waals surface area contributed by atoms with E-state index in [9.17, 15) is 4.79 Å². The Balaban J connectivity index is 1.95. The van der Waals surface area contributed by atoms with Gasteiger partial charge in [0, 0.05) is 0 Å². The fraction of sp³-hybridized carbons (Fsp3) is 0.588. The molecule has 0 N–H and O–H groups in total. The third kappa shape index (κ3) is 3.60. The van der Waals surface area contributed by atoms with Gasteiger partial charge in [-0.1, -0.05) is 56.5 Å². The van der Waals surface area contributed by atoms with Gasteiger partial charge in [0.15, 0.2) is 0 Å². The van der Waals surface area contributed by atoms with Crippen LogP contribution in [0.5, 0.6) is 0 Å². The number of esters is 1. The third-order valence-electron chi connectivity index (χ3n) is 3.86. The largest absolute Gasteiger partial charge is 0.465 e. The van der Waals surface area contributed by atoms with Gasteiger partial charge >= 0.3 is 5.97 Å². The quantitative estimate of drug-likeness (QED) is 0.413. The van der Waals surface area contributed by atoms with Gasteiger partial charge in [0.05, 0.1) is 12.6 Å². The highest BCUT2D eigenvalue weighted by Gasteiger charge is 2.53. The van der Waals surface area contributed by atoms with E-state index in [1.54, 1.807) is 0 Å². The van der Waals surface area contributed by atoms with Gasteiger partial charge < -0.3 is 4.74 Å². The van der Waals surface area contributed by atoms with Gasteiger partial charge in [-0.25, -0.2) is 0 Å². The monoisotopic (exact) mass is 275 g/mol. The van der Waals surface area contributed by atoms with Crippen molar-refractivity contribution in [3.05, 3.63) is 35.9 Å². The molecule has 1 aromatic rings. The molecule has 20 heavy (non-hydrogen) atoms. The van der Waals surface area contributed by atoms with Gasteiger partial charge in [-0.3, -0.25) is 9.69 Å². The molecule has 2 rings (SSSR count). The highest BCUT2D eigenvalue weighted by atomic mass is 16.5. The lowest BCUT2D eigenvalue weighted by Gasteiger charge is -2.04. The number of carbonyl (C=O) groups excluding carboxylic acids is 1. The average Bonchev–Trinajstić information content (AvgIpc) is 3.19. The molecule has 1 unspecified atom stereocenters. The van der Waals surface area contributed by atoms with Crippen LogP contribution in [0.4, 0.5) is 0 Å². The van der Waals surface area contributed by atoms with E-state index in [0.717, 1.165) is 13.0 Å². The van der Waals surface area contributed by atoms with E-state index in [-0.39, 0.29) is 18.1 Å². The van der Waals surface area contributed by atoms with Crippen LogP contribution in [-0.4, -0.2) is 30.1 Å². The zero-order chi connectivity index (χ0) is 14.4. The Bertz CT molecular complexity index is 418. The van der Waals surface area contributed by atoms with Gasteiger partial charge in [-0.2, -0.15) is 0 Å². The van der Waals surface area contributed by atoms with Crippen LogP contribution in [0, 0.1) is 0 Å². The molecule has 1 saturated heterocycles. The van der Waals surface area contributed by atoms with Crippen molar-refractivity contribution in [1.29, 1.82) is 0 Å². The second kappa shape index (κ2) is 7.44. The first-order valence-corrected chi connectivity index (χ1v) is 7.77. The fourth-order valence-corrected chi connectivity index (χ4v) is 2.79. The Hall–Kier alpha value is -1.35. The van der Waals surface area contributed by atoms with Crippen LogP contribution < -0.4 is 0 Å². The summed E-state index contributed by atoms with van der Waals surface area (Å²) in [6.07, 6.45) is 4.91. The Morgan fingerprint density at radius 1 is 1.15 bits per heavy atom. The molecule has 0 radical (unpaired) electrons. The van der Waals surface area contributed by atoms with Crippen LogP contribution in [-0.2, 0) is 9.53 Å². The maximum atomic E-state index is 12.0. The van der Waals surface area contributed by atoms with E-state index >= 15 is 0 Å². The number of hydrogen-bond donors (Lipinski definition) is 0. The summed E-state index contributed by atoms with van der Waals surface area (Å²) in [5.41, 5.74) is 1.22. The van der Waals surface area contributed by atoms with Crippen molar-refractivity contribution in [2.75, 3.05) is 13.2 Å². The Morgan fingerprint density at radius 3 is 2.55 bits per heavy atom. The summed E-state index contributed by atoms with van der Waals surface area (Å²) < 4.78 is 5.19. The molecule has 1 fully saturated rings. The topological polar surface area (TPSA) is 29.3 Å². The minimum Gasteiger partial charge on any atom is -0.465 e. The van der Waals surface area contributed by atoms with Crippen molar-refractivity contribution in [1.82, 2.24) is 4.90 Å². The molecule has 0 spiro atoms. The smallest absolute Gasteiger partial charge is 0.325 e. The van der Waals surface area contributed by atoms with Crippen LogP contribution in [0.2, 0.25) is 0 Å². The molecular formula is C17H25NO2. The first kappa shape index (κ1) is 15.0. The zero-order valence-corrected chi connectivity index (χ0v) is 12.5. The van der Waals surface area contributed by atoms with Crippen molar-refractivity contribution in [3.63, 3.8) is 0 Å². The molecule has 1 heterocycles. The SMILES string of the molecule is CCCCCCN1[C@H](C(=O)OCC)[C@H]1c1ccccc1. The number of hydrogen-bond acceptors (Lipinski definition) is 3. The van der Waals surface area contributed by atoms with Crippen LogP contribution >= 0.6 is 0 Å². The van der Waals surface area contributed by atoms with E-state index in [1.165, 1.54) is 24.8 Å². The van der Waals surface area contributed by atoms with E-state index in [1.807, 2.05) is 25.1 Å². The van der Waals surface area contributed by atoms with Crippen molar-refractivity contribution in [3.8, 4) is 0 Å². The van der Waals surface area contributed by atoms with E-state index < -0.39 is 0 Å². The zero-order valence-electron chi connectivity index (χ0n) is 12.5. The highest BCUT2D eigenvalue weighted by Crippen LogP contribution is 2.43.